The summed E-state index contributed by atoms with van der Waals surface area (Å²) in [6, 6.07) is 23.1. The van der Waals surface area contributed by atoms with E-state index in [1.807, 2.05) is 68.6 Å². The molecule has 0 radical (unpaired) electrons. The Bertz CT molecular complexity index is 1830. The quantitative estimate of drug-likeness (QED) is 0.170. The van der Waals surface area contributed by atoms with Gasteiger partial charge in [0.25, 0.3) is 5.91 Å². The van der Waals surface area contributed by atoms with Crippen LogP contribution in [-0.2, 0) is 0 Å². The van der Waals surface area contributed by atoms with Crippen LogP contribution in [0.4, 0.5) is 11.4 Å². The molecule has 0 aliphatic rings. The van der Waals surface area contributed by atoms with E-state index in [1.165, 1.54) is 0 Å². The van der Waals surface area contributed by atoms with Crippen molar-refractivity contribution in [1.29, 1.82) is 5.26 Å². The minimum atomic E-state index is -0.486. The minimum absolute atomic E-state index is 0.0277. The number of aromatic nitrogens is 4. The number of nitriles is 1. The SMILES string of the molecule is CC[C@@H](Nc1c(C#N)cnc2c(N[C@@H](c3cccc(C(=O)N(C)C)c3)c3cn(C(C)C)nn3)cc(Cl)cc12)c1ccccc1. The Hall–Kier alpha value is -4.94. The van der Waals surface area contributed by atoms with Crippen LogP contribution in [0, 0.1) is 11.3 Å². The van der Waals surface area contributed by atoms with Crippen LogP contribution in [-0.4, -0.2) is 44.9 Å². The van der Waals surface area contributed by atoms with Gasteiger partial charge in [0.1, 0.15) is 11.8 Å². The van der Waals surface area contributed by atoms with E-state index in [1.54, 1.807) is 35.9 Å². The molecule has 2 heterocycles. The lowest BCUT2D eigenvalue weighted by molar-refractivity contribution is 0.0827. The number of benzene rings is 3. The molecule has 0 aliphatic heterocycles. The third-order valence-corrected chi connectivity index (χ3v) is 7.73. The van der Waals surface area contributed by atoms with Crippen LogP contribution in [0.2, 0.25) is 5.02 Å². The molecule has 5 aromatic rings. The Kier molecular flexibility index (Phi) is 9.12. The molecule has 224 valence electrons. The molecule has 0 spiro atoms. The monoisotopic (exact) mass is 606 g/mol. The first kappa shape index (κ1) is 30.5. The van der Waals surface area contributed by atoms with Gasteiger partial charge in [-0.25, -0.2) is 4.68 Å². The molecule has 0 saturated carbocycles. The summed E-state index contributed by atoms with van der Waals surface area (Å²) in [5, 5.41) is 27.3. The Morgan fingerprint density at radius 2 is 1.80 bits per heavy atom. The summed E-state index contributed by atoms with van der Waals surface area (Å²) in [6.45, 7) is 6.17. The van der Waals surface area contributed by atoms with E-state index in [9.17, 15) is 10.1 Å². The van der Waals surface area contributed by atoms with Crippen LogP contribution >= 0.6 is 11.6 Å². The largest absolute Gasteiger partial charge is 0.377 e. The van der Waals surface area contributed by atoms with Crippen molar-refractivity contribution in [1.82, 2.24) is 24.9 Å². The number of hydrogen-bond donors (Lipinski definition) is 2. The van der Waals surface area contributed by atoms with Gasteiger partial charge in [-0.05, 0) is 55.7 Å². The molecule has 2 aromatic heterocycles. The molecular formula is C34H35ClN8O. The zero-order valence-electron chi connectivity index (χ0n) is 25.4. The number of anilines is 2. The highest BCUT2D eigenvalue weighted by molar-refractivity contribution is 6.32. The molecular weight excluding hydrogens is 572 g/mol. The molecule has 0 fully saturated rings. The van der Waals surface area contributed by atoms with E-state index < -0.39 is 6.04 Å². The van der Waals surface area contributed by atoms with Crippen molar-refractivity contribution < 1.29 is 4.79 Å². The molecule has 3 aromatic carbocycles. The van der Waals surface area contributed by atoms with Gasteiger partial charge in [-0.2, -0.15) is 5.26 Å². The van der Waals surface area contributed by atoms with E-state index >= 15 is 0 Å². The van der Waals surface area contributed by atoms with Gasteiger partial charge in [0.05, 0.1) is 40.7 Å². The first-order chi connectivity index (χ1) is 21.2. The fourth-order valence-corrected chi connectivity index (χ4v) is 5.38. The molecule has 9 nitrogen and oxygen atoms in total. The highest BCUT2D eigenvalue weighted by Gasteiger charge is 2.23. The third-order valence-electron chi connectivity index (χ3n) is 7.51. The predicted octanol–water partition coefficient (Wildman–Crippen LogP) is 7.40. The lowest BCUT2D eigenvalue weighted by atomic mass is 9.99. The van der Waals surface area contributed by atoms with Crippen molar-refractivity contribution in [3.63, 3.8) is 0 Å². The van der Waals surface area contributed by atoms with Crippen LogP contribution in [0.25, 0.3) is 10.9 Å². The standard InChI is InChI=1S/C34H35ClN8O/c1-6-28(22-11-8-7-9-12-22)38-31-25(18-36)19-37-33-27(31)16-26(35)17-29(33)39-32(30-20-43(21(2)3)41-40-30)23-13-10-14-24(15-23)34(44)42(4)5/h7-17,19-21,28,32,39H,6H2,1-5H3,(H,37,38)/t28-,32+/m1/s1. The van der Waals surface area contributed by atoms with Gasteiger partial charge in [-0.1, -0.05) is 66.2 Å². The maximum Gasteiger partial charge on any atom is 0.253 e. The van der Waals surface area contributed by atoms with Crippen LogP contribution in [0.5, 0.6) is 0 Å². The van der Waals surface area contributed by atoms with Gasteiger partial charge in [0.2, 0.25) is 0 Å². The molecule has 0 aliphatic carbocycles. The molecule has 5 rings (SSSR count). The second-order valence-corrected chi connectivity index (χ2v) is 11.6. The Morgan fingerprint density at radius 3 is 2.45 bits per heavy atom. The number of fused-ring (bicyclic) bond motifs is 1. The highest BCUT2D eigenvalue weighted by Crippen LogP contribution is 2.38. The van der Waals surface area contributed by atoms with Gasteiger partial charge in [0.15, 0.2) is 0 Å². The summed E-state index contributed by atoms with van der Waals surface area (Å²) in [4.78, 5) is 19.1. The van der Waals surface area contributed by atoms with Gasteiger partial charge >= 0.3 is 0 Å². The summed E-state index contributed by atoms with van der Waals surface area (Å²) in [5.74, 6) is -0.102. The lowest BCUT2D eigenvalue weighted by Gasteiger charge is -2.23. The Morgan fingerprint density at radius 1 is 1.05 bits per heavy atom. The predicted molar refractivity (Wildman–Crippen MR) is 175 cm³/mol. The molecule has 44 heavy (non-hydrogen) atoms. The molecule has 2 N–H and O–H groups in total. The summed E-state index contributed by atoms with van der Waals surface area (Å²) in [6.07, 6.45) is 4.29. The average molecular weight is 607 g/mol. The van der Waals surface area contributed by atoms with Crippen molar-refractivity contribution in [2.24, 2.45) is 0 Å². The van der Waals surface area contributed by atoms with Crippen LogP contribution in [0.1, 0.15) is 78.1 Å². The van der Waals surface area contributed by atoms with Crippen molar-refractivity contribution in [2.45, 2.75) is 45.3 Å². The number of amides is 1. The van der Waals surface area contributed by atoms with Crippen molar-refractivity contribution in [3.8, 4) is 6.07 Å². The van der Waals surface area contributed by atoms with Crippen molar-refractivity contribution in [2.75, 3.05) is 24.7 Å². The molecule has 0 saturated heterocycles. The normalized spacial score (nSPS) is 12.5. The maximum absolute atomic E-state index is 12.9. The van der Waals surface area contributed by atoms with Gasteiger partial charge in [0, 0.05) is 42.3 Å². The Labute approximate surface area is 262 Å². The van der Waals surface area contributed by atoms with Gasteiger partial charge < -0.3 is 15.5 Å². The number of hydrogen-bond acceptors (Lipinski definition) is 7. The minimum Gasteiger partial charge on any atom is -0.377 e. The summed E-state index contributed by atoms with van der Waals surface area (Å²) in [5.41, 5.74) is 5.55. The summed E-state index contributed by atoms with van der Waals surface area (Å²) in [7, 11) is 3.45. The topological polar surface area (TPSA) is 112 Å². The number of halogens is 1. The zero-order valence-corrected chi connectivity index (χ0v) is 26.2. The van der Waals surface area contributed by atoms with E-state index in [-0.39, 0.29) is 18.0 Å². The van der Waals surface area contributed by atoms with E-state index in [2.05, 4.69) is 46.1 Å². The number of carbonyl (C=O) groups excluding carboxylic acids is 1. The smallest absolute Gasteiger partial charge is 0.253 e. The third kappa shape index (κ3) is 6.36. The van der Waals surface area contributed by atoms with Crippen molar-refractivity contribution in [3.05, 3.63) is 112 Å². The van der Waals surface area contributed by atoms with Crippen molar-refractivity contribution >= 4 is 39.8 Å². The fraction of sp³-hybridized carbons (Fsp3) is 0.265. The highest BCUT2D eigenvalue weighted by atomic mass is 35.5. The number of nitrogens with zero attached hydrogens (tertiary/aromatic N) is 6. The number of carbonyl (C=O) groups is 1. The Balaban J connectivity index is 1.64. The van der Waals surface area contributed by atoms with E-state index in [0.29, 0.717) is 38.7 Å². The molecule has 2 atom stereocenters. The number of rotatable bonds is 10. The maximum atomic E-state index is 12.9. The second-order valence-electron chi connectivity index (χ2n) is 11.1. The first-order valence-corrected chi connectivity index (χ1v) is 14.9. The molecule has 10 heteroatoms. The molecule has 0 unspecified atom stereocenters. The number of pyridine rings is 1. The zero-order chi connectivity index (χ0) is 31.4. The molecule has 1 amide bonds. The van der Waals surface area contributed by atoms with Crippen LogP contribution < -0.4 is 10.6 Å². The lowest BCUT2D eigenvalue weighted by Crippen LogP contribution is -2.22. The van der Waals surface area contributed by atoms with Crippen LogP contribution in [0.15, 0.2) is 79.1 Å². The van der Waals surface area contributed by atoms with E-state index in [4.69, 9.17) is 16.6 Å². The summed E-state index contributed by atoms with van der Waals surface area (Å²) < 4.78 is 1.79. The fourth-order valence-electron chi connectivity index (χ4n) is 5.17. The van der Waals surface area contributed by atoms with E-state index in [0.717, 1.165) is 22.9 Å². The van der Waals surface area contributed by atoms with Crippen LogP contribution in [0.3, 0.4) is 0 Å². The van der Waals surface area contributed by atoms with Gasteiger partial charge in [-0.15, -0.1) is 5.10 Å². The second kappa shape index (κ2) is 13.1. The number of nitrogens with one attached hydrogen (secondary N) is 2. The summed E-state index contributed by atoms with van der Waals surface area (Å²) >= 11 is 6.74. The average Bonchev–Trinajstić information content (AvgIpc) is 3.53. The molecule has 0 bridgehead atoms. The van der Waals surface area contributed by atoms with Gasteiger partial charge in [-0.3, -0.25) is 9.78 Å². The first-order valence-electron chi connectivity index (χ1n) is 14.5.